The fraction of sp³-hybridized carbons (Fsp3) is 0. The van der Waals surface area contributed by atoms with Crippen molar-refractivity contribution in [1.82, 2.24) is 0 Å². The Balaban J connectivity index is 1.91. The second-order valence-corrected chi connectivity index (χ2v) is 9.32. The van der Waals surface area contributed by atoms with Crippen molar-refractivity contribution in [2.24, 2.45) is 0 Å². The Hall–Kier alpha value is -4.80. The predicted octanol–water partition coefficient (Wildman–Crippen LogP) is 7.36. The lowest BCUT2D eigenvalue weighted by atomic mass is 10.1. The topological polar surface area (TPSA) is 130 Å². The van der Waals surface area contributed by atoms with Gasteiger partial charge in [0, 0.05) is 23.3 Å². The molecule has 0 atom stereocenters. The van der Waals surface area contributed by atoms with Crippen molar-refractivity contribution in [1.29, 1.82) is 0 Å². The largest absolute Gasteiger partial charge is 0.421 e. The fourth-order valence-corrected chi connectivity index (χ4v) is 4.74. The van der Waals surface area contributed by atoms with E-state index in [1.807, 2.05) is 0 Å². The number of nitro groups is 2. The molecule has 11 heteroatoms. The van der Waals surface area contributed by atoms with Crippen LogP contribution in [0, 0.1) is 20.2 Å². The Morgan fingerprint density at radius 2 is 1.26 bits per heavy atom. The summed E-state index contributed by atoms with van der Waals surface area (Å²) in [5.74, 6) is -1.71. The molecule has 194 valence electrons. The third kappa shape index (κ3) is 6.38. The predicted molar refractivity (Wildman–Crippen MR) is 147 cm³/mol. The van der Waals surface area contributed by atoms with Crippen LogP contribution in [0.3, 0.4) is 0 Å². The van der Waals surface area contributed by atoms with Crippen LogP contribution in [0.2, 0.25) is 5.02 Å². The quantitative estimate of drug-likeness (QED) is 0.0395. The van der Waals surface area contributed by atoms with Crippen molar-refractivity contribution in [2.45, 2.75) is 4.90 Å². The van der Waals surface area contributed by atoms with Gasteiger partial charge < -0.3 is 4.74 Å². The second kappa shape index (κ2) is 12.2. The van der Waals surface area contributed by atoms with Crippen LogP contribution in [-0.4, -0.2) is 21.6 Å². The first-order chi connectivity index (χ1) is 18.8. The summed E-state index contributed by atoms with van der Waals surface area (Å²) in [5.41, 5.74) is -0.328. The Morgan fingerprint density at radius 3 is 1.87 bits per heavy atom. The number of para-hydroxylation sites is 1. The first kappa shape index (κ1) is 27.2. The maximum atomic E-state index is 13.8. The van der Waals surface area contributed by atoms with Gasteiger partial charge in [0.25, 0.3) is 11.4 Å². The molecule has 0 unspecified atom stereocenters. The van der Waals surface area contributed by atoms with E-state index in [1.54, 1.807) is 66.7 Å². The van der Waals surface area contributed by atoms with E-state index in [2.05, 4.69) is 0 Å². The molecular weight excluding hydrogens is 544 g/mol. The minimum absolute atomic E-state index is 0.0986. The molecule has 4 aromatic rings. The molecule has 4 rings (SSSR count). The molecule has 9 nitrogen and oxygen atoms in total. The Labute approximate surface area is 231 Å². The number of rotatable bonds is 9. The SMILES string of the molecule is O=C(O/C(=C(\Sc1ccccc1[N+](=O)[O-])C(=O)c1ccccc1)c1ccccc1)c1ccc(Cl)c([N+](=O)[O-])c1. The van der Waals surface area contributed by atoms with Gasteiger partial charge in [-0.25, -0.2) is 4.79 Å². The summed E-state index contributed by atoms with van der Waals surface area (Å²) in [4.78, 5) is 48.8. The number of ether oxygens (including phenoxy) is 1. The lowest BCUT2D eigenvalue weighted by Crippen LogP contribution is -2.11. The van der Waals surface area contributed by atoms with Gasteiger partial charge in [-0.05, 0) is 18.2 Å². The molecule has 0 aromatic heterocycles. The number of hydrogen-bond acceptors (Lipinski definition) is 8. The minimum Gasteiger partial charge on any atom is -0.421 e. The van der Waals surface area contributed by atoms with Crippen molar-refractivity contribution in [3.63, 3.8) is 0 Å². The van der Waals surface area contributed by atoms with Crippen LogP contribution < -0.4 is 0 Å². The number of thioether (sulfide) groups is 1. The zero-order valence-electron chi connectivity index (χ0n) is 19.9. The summed E-state index contributed by atoms with van der Waals surface area (Å²) >= 11 is 6.66. The molecule has 39 heavy (non-hydrogen) atoms. The number of carbonyl (C=O) groups excluding carboxylic acids is 2. The Bertz CT molecular complexity index is 1610. The maximum Gasteiger partial charge on any atom is 0.343 e. The van der Waals surface area contributed by atoms with Crippen LogP contribution in [-0.2, 0) is 4.74 Å². The van der Waals surface area contributed by atoms with Crippen LogP contribution in [0.15, 0.2) is 113 Å². The number of carbonyl (C=O) groups is 2. The van der Waals surface area contributed by atoms with Gasteiger partial charge in [-0.1, -0.05) is 96.2 Å². The molecule has 0 saturated carbocycles. The van der Waals surface area contributed by atoms with Crippen LogP contribution in [0.5, 0.6) is 0 Å². The zero-order valence-corrected chi connectivity index (χ0v) is 21.4. The molecule has 0 saturated heterocycles. The first-order valence-electron chi connectivity index (χ1n) is 11.2. The van der Waals surface area contributed by atoms with Gasteiger partial charge >= 0.3 is 5.97 Å². The van der Waals surface area contributed by atoms with E-state index in [0.29, 0.717) is 5.56 Å². The Kier molecular flexibility index (Phi) is 8.50. The second-order valence-electron chi connectivity index (χ2n) is 7.86. The van der Waals surface area contributed by atoms with Crippen molar-refractivity contribution < 1.29 is 24.2 Å². The number of hydrogen-bond donors (Lipinski definition) is 0. The van der Waals surface area contributed by atoms with Gasteiger partial charge in [0.2, 0.25) is 5.78 Å². The molecule has 4 aromatic carbocycles. The third-order valence-electron chi connectivity index (χ3n) is 5.33. The highest BCUT2D eigenvalue weighted by molar-refractivity contribution is 8.04. The number of ketones is 1. The highest BCUT2D eigenvalue weighted by Crippen LogP contribution is 2.40. The third-order valence-corrected chi connectivity index (χ3v) is 6.79. The molecule has 0 heterocycles. The van der Waals surface area contributed by atoms with E-state index in [4.69, 9.17) is 16.3 Å². The van der Waals surface area contributed by atoms with Gasteiger partial charge in [-0.3, -0.25) is 25.0 Å². The standard InChI is InChI=1S/C28H17ClN2O7S/c29-21-16-15-20(17-23(21)31(36)37)28(33)38-26(19-11-5-2-6-12-19)27(25(32)18-9-3-1-4-10-18)39-24-14-8-7-13-22(24)30(34)35/h1-17H/b27-26-. The normalized spacial score (nSPS) is 11.3. The van der Waals surface area contributed by atoms with Crippen molar-refractivity contribution in [2.75, 3.05) is 0 Å². The van der Waals surface area contributed by atoms with Crippen LogP contribution in [0.25, 0.3) is 5.76 Å². The molecular formula is C28H17ClN2O7S. The van der Waals surface area contributed by atoms with Gasteiger partial charge in [0.1, 0.15) is 9.93 Å². The summed E-state index contributed by atoms with van der Waals surface area (Å²) in [5, 5.41) is 22.9. The number of nitro benzene ring substituents is 2. The minimum atomic E-state index is -0.991. The first-order valence-corrected chi connectivity index (χ1v) is 12.4. The number of benzene rings is 4. The lowest BCUT2D eigenvalue weighted by Gasteiger charge is -2.15. The van der Waals surface area contributed by atoms with Crippen LogP contribution >= 0.6 is 23.4 Å². The number of esters is 1. The zero-order chi connectivity index (χ0) is 27.9. The average molecular weight is 561 g/mol. The highest BCUT2D eigenvalue weighted by Gasteiger charge is 2.27. The van der Waals surface area contributed by atoms with E-state index < -0.39 is 27.3 Å². The molecule has 0 bridgehead atoms. The van der Waals surface area contributed by atoms with Crippen LogP contribution in [0.4, 0.5) is 11.4 Å². The molecule has 0 aliphatic rings. The van der Waals surface area contributed by atoms with Crippen LogP contribution in [0.1, 0.15) is 26.3 Å². The van der Waals surface area contributed by atoms with E-state index in [0.717, 1.165) is 17.8 Å². The molecule has 0 spiro atoms. The summed E-state index contributed by atoms with van der Waals surface area (Å²) in [6, 6.07) is 25.7. The molecule has 0 aliphatic carbocycles. The average Bonchev–Trinajstić information content (AvgIpc) is 2.95. The lowest BCUT2D eigenvalue weighted by molar-refractivity contribution is -0.387. The number of allylic oxidation sites excluding steroid dienone is 1. The maximum absolute atomic E-state index is 13.8. The highest BCUT2D eigenvalue weighted by atomic mass is 35.5. The molecule has 0 aliphatic heterocycles. The van der Waals surface area contributed by atoms with E-state index in [-0.39, 0.29) is 37.4 Å². The molecule has 0 amide bonds. The van der Waals surface area contributed by atoms with Crippen molar-refractivity contribution >= 4 is 52.2 Å². The summed E-state index contributed by atoms with van der Waals surface area (Å²) in [6.45, 7) is 0. The number of nitrogens with zero attached hydrogens (tertiary/aromatic N) is 2. The monoisotopic (exact) mass is 560 g/mol. The number of halogens is 1. The fourth-order valence-electron chi connectivity index (χ4n) is 3.48. The van der Waals surface area contributed by atoms with Gasteiger partial charge in [-0.15, -0.1) is 0 Å². The van der Waals surface area contributed by atoms with Crippen molar-refractivity contribution in [3.05, 3.63) is 150 Å². The summed E-state index contributed by atoms with van der Waals surface area (Å²) in [7, 11) is 0. The molecule has 0 fully saturated rings. The smallest absolute Gasteiger partial charge is 0.343 e. The van der Waals surface area contributed by atoms with Crippen molar-refractivity contribution in [3.8, 4) is 0 Å². The molecule has 0 radical (unpaired) electrons. The van der Waals surface area contributed by atoms with E-state index in [9.17, 15) is 29.8 Å². The Morgan fingerprint density at radius 1 is 0.692 bits per heavy atom. The van der Waals surface area contributed by atoms with Gasteiger partial charge in [0.15, 0.2) is 5.76 Å². The summed E-state index contributed by atoms with van der Waals surface area (Å²) in [6.07, 6.45) is 0. The summed E-state index contributed by atoms with van der Waals surface area (Å²) < 4.78 is 5.74. The van der Waals surface area contributed by atoms with E-state index in [1.165, 1.54) is 30.3 Å². The van der Waals surface area contributed by atoms with E-state index >= 15 is 0 Å². The van der Waals surface area contributed by atoms with Gasteiger partial charge in [-0.2, -0.15) is 0 Å². The van der Waals surface area contributed by atoms with Gasteiger partial charge in [0.05, 0.1) is 20.3 Å². The molecule has 0 N–H and O–H groups in total. The number of Topliss-reactive ketones (excluding diaryl/α,β-unsaturated/α-hetero) is 1.